The molecule has 4 nitrogen and oxygen atoms in total. The molecule has 1 N–H and O–H groups in total. The van der Waals surface area contributed by atoms with E-state index in [4.69, 9.17) is 9.84 Å². The number of nitrogens with zero attached hydrogens (tertiary/aromatic N) is 1. The highest BCUT2D eigenvalue weighted by atomic mass is 16.5. The molecule has 0 amide bonds. The van der Waals surface area contributed by atoms with E-state index in [-0.39, 0.29) is 5.92 Å². The van der Waals surface area contributed by atoms with Crippen LogP contribution in [0.2, 0.25) is 0 Å². The fourth-order valence-corrected chi connectivity index (χ4v) is 1.75. The second kappa shape index (κ2) is 4.75. The van der Waals surface area contributed by atoms with Crippen molar-refractivity contribution >= 4 is 5.97 Å². The van der Waals surface area contributed by atoms with E-state index < -0.39 is 5.97 Å². The van der Waals surface area contributed by atoms with Crippen molar-refractivity contribution in [2.75, 3.05) is 20.7 Å². The Kier molecular flexibility index (Phi) is 3.89. The van der Waals surface area contributed by atoms with Gasteiger partial charge in [-0.2, -0.15) is 0 Å². The zero-order valence-corrected chi connectivity index (χ0v) is 9.06. The number of methoxy groups -OCH3 is 1. The Morgan fingerprint density at radius 1 is 1.64 bits per heavy atom. The number of hydrogen-bond acceptors (Lipinski definition) is 3. The number of hydrogen-bond donors (Lipinski definition) is 1. The van der Waals surface area contributed by atoms with Crippen molar-refractivity contribution in [3.05, 3.63) is 0 Å². The monoisotopic (exact) mass is 201 g/mol. The van der Waals surface area contributed by atoms with Gasteiger partial charge in [-0.25, -0.2) is 0 Å². The molecule has 1 atom stereocenters. The van der Waals surface area contributed by atoms with Crippen molar-refractivity contribution in [2.24, 2.45) is 5.92 Å². The number of carbonyl (C=O) groups is 1. The third kappa shape index (κ3) is 2.69. The Morgan fingerprint density at radius 3 is 2.64 bits per heavy atom. The molecule has 1 unspecified atom stereocenters. The van der Waals surface area contributed by atoms with Crippen molar-refractivity contribution in [2.45, 2.75) is 31.9 Å². The highest BCUT2D eigenvalue weighted by Crippen LogP contribution is 2.27. The van der Waals surface area contributed by atoms with Gasteiger partial charge in [0, 0.05) is 19.7 Å². The van der Waals surface area contributed by atoms with E-state index in [2.05, 4.69) is 4.90 Å². The third-order valence-electron chi connectivity index (χ3n) is 3.01. The molecule has 0 aromatic heterocycles. The molecular formula is C10H19NO3. The highest BCUT2D eigenvalue weighted by molar-refractivity contribution is 5.69. The molecule has 0 aliphatic heterocycles. The van der Waals surface area contributed by atoms with Gasteiger partial charge in [-0.05, 0) is 19.9 Å². The summed E-state index contributed by atoms with van der Waals surface area (Å²) in [7, 11) is 3.71. The van der Waals surface area contributed by atoms with E-state index in [1.807, 2.05) is 7.05 Å². The quantitative estimate of drug-likeness (QED) is 0.715. The van der Waals surface area contributed by atoms with E-state index in [0.29, 0.717) is 18.7 Å². The normalized spacial score (nSPS) is 28.6. The lowest BCUT2D eigenvalue weighted by Crippen LogP contribution is -2.47. The first-order valence-corrected chi connectivity index (χ1v) is 5.00. The molecule has 4 heteroatoms. The van der Waals surface area contributed by atoms with Crippen LogP contribution in [0, 0.1) is 5.92 Å². The minimum absolute atomic E-state index is 0.290. The Bertz CT molecular complexity index is 202. The average Bonchev–Trinajstić information content (AvgIpc) is 2.01. The minimum atomic E-state index is -0.723. The van der Waals surface area contributed by atoms with Crippen molar-refractivity contribution in [1.29, 1.82) is 0 Å². The van der Waals surface area contributed by atoms with E-state index in [9.17, 15) is 4.79 Å². The standard InChI is InChI=1S/C10H19NO3/c1-7(10(12)13)6-11(2)8-4-9(5-8)14-3/h7-9H,4-6H2,1-3H3,(H,12,13). The van der Waals surface area contributed by atoms with Gasteiger partial charge in [0.15, 0.2) is 0 Å². The maximum Gasteiger partial charge on any atom is 0.307 e. The first-order chi connectivity index (χ1) is 6.54. The first-order valence-electron chi connectivity index (χ1n) is 5.00. The number of carboxylic acids is 1. The molecule has 0 bridgehead atoms. The second-order valence-corrected chi connectivity index (χ2v) is 4.16. The summed E-state index contributed by atoms with van der Waals surface area (Å²) >= 11 is 0. The molecule has 1 fully saturated rings. The SMILES string of the molecule is COC1CC(N(C)CC(C)C(=O)O)C1. The molecule has 14 heavy (non-hydrogen) atoms. The fraction of sp³-hybridized carbons (Fsp3) is 0.900. The number of carboxylic acid groups (broad SMARTS) is 1. The van der Waals surface area contributed by atoms with Gasteiger partial charge >= 0.3 is 5.97 Å². The Morgan fingerprint density at radius 2 is 2.21 bits per heavy atom. The molecule has 1 aliphatic rings. The summed E-state index contributed by atoms with van der Waals surface area (Å²) in [6, 6.07) is 0.502. The van der Waals surface area contributed by atoms with Gasteiger partial charge < -0.3 is 14.7 Å². The van der Waals surface area contributed by atoms with Crippen LogP contribution in [-0.4, -0.2) is 48.8 Å². The van der Waals surface area contributed by atoms with Gasteiger partial charge in [0.2, 0.25) is 0 Å². The van der Waals surface area contributed by atoms with Crippen molar-refractivity contribution in [3.63, 3.8) is 0 Å². The molecule has 1 aliphatic carbocycles. The molecule has 0 aromatic rings. The van der Waals surface area contributed by atoms with Crippen LogP contribution in [-0.2, 0) is 9.53 Å². The predicted molar refractivity (Wildman–Crippen MR) is 53.2 cm³/mol. The topological polar surface area (TPSA) is 49.8 Å². The van der Waals surface area contributed by atoms with Crippen molar-refractivity contribution in [1.82, 2.24) is 4.90 Å². The maximum atomic E-state index is 10.6. The average molecular weight is 201 g/mol. The van der Waals surface area contributed by atoms with Crippen LogP contribution in [0.25, 0.3) is 0 Å². The number of ether oxygens (including phenoxy) is 1. The molecule has 0 saturated heterocycles. The summed E-state index contributed by atoms with van der Waals surface area (Å²) in [5.41, 5.74) is 0. The zero-order valence-electron chi connectivity index (χ0n) is 9.06. The lowest BCUT2D eigenvalue weighted by atomic mass is 9.87. The molecule has 0 radical (unpaired) electrons. The van der Waals surface area contributed by atoms with Crippen LogP contribution in [0.15, 0.2) is 0 Å². The van der Waals surface area contributed by atoms with E-state index in [1.54, 1.807) is 14.0 Å². The Labute approximate surface area is 84.8 Å². The molecule has 1 saturated carbocycles. The van der Waals surface area contributed by atoms with Gasteiger partial charge in [-0.3, -0.25) is 4.79 Å². The molecule has 0 aromatic carbocycles. The Balaban J connectivity index is 2.23. The van der Waals surface area contributed by atoms with Gasteiger partial charge in [0.1, 0.15) is 0 Å². The van der Waals surface area contributed by atoms with Gasteiger partial charge in [0.05, 0.1) is 12.0 Å². The largest absolute Gasteiger partial charge is 0.481 e. The van der Waals surface area contributed by atoms with Gasteiger partial charge in [0.25, 0.3) is 0 Å². The van der Waals surface area contributed by atoms with E-state index >= 15 is 0 Å². The number of aliphatic carboxylic acids is 1. The summed E-state index contributed by atoms with van der Waals surface area (Å²) in [4.78, 5) is 12.8. The van der Waals surface area contributed by atoms with Gasteiger partial charge in [-0.15, -0.1) is 0 Å². The summed E-state index contributed by atoms with van der Waals surface area (Å²) in [6.45, 7) is 2.36. The van der Waals surface area contributed by atoms with Crippen LogP contribution in [0.1, 0.15) is 19.8 Å². The first kappa shape index (κ1) is 11.5. The third-order valence-corrected chi connectivity index (χ3v) is 3.01. The van der Waals surface area contributed by atoms with Gasteiger partial charge in [-0.1, -0.05) is 6.92 Å². The summed E-state index contributed by atoms with van der Waals surface area (Å²) in [5, 5.41) is 8.75. The van der Waals surface area contributed by atoms with Crippen molar-refractivity contribution < 1.29 is 14.6 Å². The Hall–Kier alpha value is -0.610. The zero-order chi connectivity index (χ0) is 10.7. The summed E-state index contributed by atoms with van der Waals surface area (Å²) < 4.78 is 5.18. The van der Waals surface area contributed by atoms with Crippen LogP contribution in [0.3, 0.4) is 0 Å². The van der Waals surface area contributed by atoms with Crippen LogP contribution < -0.4 is 0 Å². The van der Waals surface area contributed by atoms with Crippen LogP contribution >= 0.6 is 0 Å². The number of rotatable bonds is 5. The van der Waals surface area contributed by atoms with Crippen molar-refractivity contribution in [3.8, 4) is 0 Å². The molecule has 0 spiro atoms. The smallest absolute Gasteiger partial charge is 0.307 e. The highest BCUT2D eigenvalue weighted by Gasteiger charge is 2.32. The van der Waals surface area contributed by atoms with E-state index in [0.717, 1.165) is 12.8 Å². The van der Waals surface area contributed by atoms with Crippen LogP contribution in [0.4, 0.5) is 0 Å². The molecule has 82 valence electrons. The fourth-order valence-electron chi connectivity index (χ4n) is 1.75. The lowest BCUT2D eigenvalue weighted by molar-refractivity contribution is -0.142. The maximum absolute atomic E-state index is 10.6. The summed E-state index contributed by atoms with van der Waals surface area (Å²) in [5.74, 6) is -1.01. The summed E-state index contributed by atoms with van der Waals surface area (Å²) in [6.07, 6.45) is 2.43. The predicted octanol–water partition coefficient (Wildman–Crippen LogP) is 0.816. The lowest BCUT2D eigenvalue weighted by Gasteiger charge is -2.40. The molecule has 1 rings (SSSR count). The van der Waals surface area contributed by atoms with E-state index in [1.165, 1.54) is 0 Å². The van der Waals surface area contributed by atoms with Crippen LogP contribution in [0.5, 0.6) is 0 Å². The second-order valence-electron chi connectivity index (χ2n) is 4.16. The molecular weight excluding hydrogens is 182 g/mol. The minimum Gasteiger partial charge on any atom is -0.481 e. The molecule has 0 heterocycles.